The van der Waals surface area contributed by atoms with E-state index in [4.69, 9.17) is 16.3 Å². The minimum atomic E-state index is -0.147. The van der Waals surface area contributed by atoms with Crippen molar-refractivity contribution in [3.63, 3.8) is 0 Å². The van der Waals surface area contributed by atoms with Gasteiger partial charge < -0.3 is 10.1 Å². The van der Waals surface area contributed by atoms with Gasteiger partial charge in [0.25, 0.3) is 5.91 Å². The van der Waals surface area contributed by atoms with Crippen molar-refractivity contribution in [2.45, 2.75) is 24.7 Å². The van der Waals surface area contributed by atoms with Crippen LogP contribution in [-0.4, -0.2) is 19.6 Å². The van der Waals surface area contributed by atoms with Crippen molar-refractivity contribution in [1.29, 1.82) is 0 Å². The molecule has 0 aliphatic heterocycles. The lowest BCUT2D eigenvalue weighted by molar-refractivity contribution is 0.0925. The molecule has 0 unspecified atom stereocenters. The summed E-state index contributed by atoms with van der Waals surface area (Å²) in [5.74, 6) is 0.390. The summed E-state index contributed by atoms with van der Waals surface area (Å²) in [5.41, 5.74) is 1.83. The molecule has 1 amide bonds. The number of methoxy groups -OCH3 is 1. The van der Waals surface area contributed by atoms with Crippen LogP contribution in [0.1, 0.15) is 35.2 Å². The van der Waals surface area contributed by atoms with Crippen molar-refractivity contribution < 1.29 is 9.53 Å². The fraction of sp³-hybridized carbons (Fsp3) is 0.316. The Labute approximate surface area is 141 Å². The van der Waals surface area contributed by atoms with Gasteiger partial charge in [0.1, 0.15) is 5.75 Å². The second kappa shape index (κ2) is 6.63. The predicted octanol–water partition coefficient (Wildman–Crippen LogP) is 4.20. The van der Waals surface area contributed by atoms with Crippen molar-refractivity contribution >= 4 is 17.5 Å². The number of ether oxygens (including phenoxy) is 1. The highest BCUT2D eigenvalue weighted by molar-refractivity contribution is 6.31. The number of nitrogens with one attached hydrogen (secondary N) is 1. The summed E-state index contributed by atoms with van der Waals surface area (Å²) >= 11 is 6.01. The first-order valence-electron chi connectivity index (χ1n) is 7.82. The lowest BCUT2D eigenvalue weighted by Gasteiger charge is -2.42. The van der Waals surface area contributed by atoms with E-state index in [0.29, 0.717) is 22.9 Å². The maximum Gasteiger partial charge on any atom is 0.255 e. The molecule has 0 saturated heterocycles. The summed E-state index contributed by atoms with van der Waals surface area (Å²) < 4.78 is 5.26. The summed E-state index contributed by atoms with van der Waals surface area (Å²) in [6.45, 7) is 0.630. The van der Waals surface area contributed by atoms with Crippen LogP contribution in [0, 0.1) is 0 Å². The average Bonchev–Trinajstić information content (AvgIpc) is 2.54. The number of carbonyl (C=O) groups is 1. The molecule has 1 saturated carbocycles. The van der Waals surface area contributed by atoms with Crippen molar-refractivity contribution in [3.8, 4) is 5.75 Å². The van der Waals surface area contributed by atoms with Crippen LogP contribution in [0.4, 0.5) is 0 Å². The Morgan fingerprint density at radius 3 is 2.57 bits per heavy atom. The highest BCUT2D eigenvalue weighted by atomic mass is 35.5. The highest BCUT2D eigenvalue weighted by Crippen LogP contribution is 2.43. The van der Waals surface area contributed by atoms with Gasteiger partial charge in [0.2, 0.25) is 0 Å². The Balaban J connectivity index is 1.75. The monoisotopic (exact) mass is 329 g/mol. The molecule has 0 heterocycles. The van der Waals surface area contributed by atoms with Gasteiger partial charge >= 0.3 is 0 Å². The van der Waals surface area contributed by atoms with Gasteiger partial charge in [-0.3, -0.25) is 4.79 Å². The Hall–Kier alpha value is -2.00. The van der Waals surface area contributed by atoms with Gasteiger partial charge in [-0.25, -0.2) is 0 Å². The smallest absolute Gasteiger partial charge is 0.255 e. The molecule has 2 aromatic carbocycles. The van der Waals surface area contributed by atoms with Crippen LogP contribution in [-0.2, 0) is 5.41 Å². The average molecular weight is 330 g/mol. The fourth-order valence-electron chi connectivity index (χ4n) is 3.17. The first-order chi connectivity index (χ1) is 11.1. The number of benzene rings is 2. The summed E-state index contributed by atoms with van der Waals surface area (Å²) in [4.78, 5) is 12.5. The van der Waals surface area contributed by atoms with E-state index in [9.17, 15) is 4.79 Å². The van der Waals surface area contributed by atoms with Crippen LogP contribution < -0.4 is 10.1 Å². The summed E-state index contributed by atoms with van der Waals surface area (Å²) in [6, 6.07) is 15.5. The molecule has 3 rings (SSSR count). The van der Waals surface area contributed by atoms with Crippen LogP contribution in [0.15, 0.2) is 48.5 Å². The summed E-state index contributed by atoms with van der Waals surface area (Å²) in [5, 5.41) is 3.59. The Bertz CT molecular complexity index is 696. The molecule has 0 bridgehead atoms. The minimum Gasteiger partial charge on any atom is -0.496 e. The number of hydrogen-bond acceptors (Lipinski definition) is 2. The molecule has 0 atom stereocenters. The first kappa shape index (κ1) is 15.9. The third kappa shape index (κ3) is 3.20. The zero-order valence-electron chi connectivity index (χ0n) is 13.1. The molecule has 0 radical (unpaired) electrons. The Morgan fingerprint density at radius 2 is 1.96 bits per heavy atom. The van der Waals surface area contributed by atoms with Crippen LogP contribution >= 0.6 is 11.6 Å². The second-order valence-electron chi connectivity index (χ2n) is 6.03. The van der Waals surface area contributed by atoms with E-state index in [0.717, 1.165) is 12.8 Å². The second-order valence-corrected chi connectivity index (χ2v) is 6.46. The highest BCUT2D eigenvalue weighted by Gasteiger charge is 2.38. The molecule has 1 N–H and O–H groups in total. The van der Waals surface area contributed by atoms with Gasteiger partial charge in [-0.2, -0.15) is 0 Å². The normalized spacial score (nSPS) is 15.6. The third-order valence-corrected chi connectivity index (χ3v) is 4.93. The maximum atomic E-state index is 12.5. The van der Waals surface area contributed by atoms with E-state index in [1.807, 2.05) is 6.07 Å². The van der Waals surface area contributed by atoms with E-state index in [-0.39, 0.29) is 11.3 Å². The molecule has 0 spiro atoms. The molecule has 3 nitrogen and oxygen atoms in total. The van der Waals surface area contributed by atoms with Crippen LogP contribution in [0.5, 0.6) is 5.75 Å². The molecule has 120 valence electrons. The number of carbonyl (C=O) groups excluding carboxylic acids is 1. The molecular weight excluding hydrogens is 310 g/mol. The van der Waals surface area contributed by atoms with Crippen molar-refractivity contribution in [1.82, 2.24) is 5.32 Å². The fourth-order valence-corrected chi connectivity index (χ4v) is 3.34. The van der Waals surface area contributed by atoms with E-state index in [1.165, 1.54) is 12.0 Å². The molecule has 0 aromatic heterocycles. The van der Waals surface area contributed by atoms with Gasteiger partial charge in [0, 0.05) is 17.0 Å². The van der Waals surface area contributed by atoms with Crippen LogP contribution in [0.2, 0.25) is 5.02 Å². The lowest BCUT2D eigenvalue weighted by atomic mass is 9.64. The first-order valence-corrected chi connectivity index (χ1v) is 8.20. The molecule has 1 fully saturated rings. The maximum absolute atomic E-state index is 12.5. The van der Waals surface area contributed by atoms with Crippen molar-refractivity contribution in [3.05, 3.63) is 64.7 Å². The van der Waals surface area contributed by atoms with Crippen molar-refractivity contribution in [2.75, 3.05) is 13.7 Å². The van der Waals surface area contributed by atoms with Gasteiger partial charge in [-0.1, -0.05) is 48.4 Å². The quantitative estimate of drug-likeness (QED) is 0.892. The van der Waals surface area contributed by atoms with E-state index in [2.05, 4.69) is 29.6 Å². The predicted molar refractivity (Wildman–Crippen MR) is 92.3 cm³/mol. The zero-order valence-corrected chi connectivity index (χ0v) is 13.9. The van der Waals surface area contributed by atoms with Crippen molar-refractivity contribution in [2.24, 2.45) is 0 Å². The van der Waals surface area contributed by atoms with E-state index in [1.54, 1.807) is 25.3 Å². The number of rotatable bonds is 5. The molecule has 23 heavy (non-hydrogen) atoms. The number of hydrogen-bond donors (Lipinski definition) is 1. The largest absolute Gasteiger partial charge is 0.496 e. The molecule has 1 aliphatic rings. The minimum absolute atomic E-state index is 0.0583. The topological polar surface area (TPSA) is 38.3 Å². The van der Waals surface area contributed by atoms with Gasteiger partial charge in [-0.05, 0) is 36.6 Å². The SMILES string of the molecule is COc1ccc(Cl)cc1C(=O)NCC1(c2ccccc2)CCC1. The Kier molecular flexibility index (Phi) is 4.58. The zero-order chi connectivity index (χ0) is 16.3. The lowest BCUT2D eigenvalue weighted by Crippen LogP contribution is -2.45. The standard InChI is InChI=1S/C19H20ClNO2/c1-23-17-9-8-15(20)12-16(17)18(22)21-13-19(10-5-11-19)14-6-3-2-4-7-14/h2-4,6-9,12H,5,10-11,13H2,1H3,(H,21,22). The number of amides is 1. The summed E-state index contributed by atoms with van der Waals surface area (Å²) in [7, 11) is 1.55. The summed E-state index contributed by atoms with van der Waals surface area (Å²) in [6.07, 6.45) is 3.40. The van der Waals surface area contributed by atoms with Gasteiger partial charge in [0.05, 0.1) is 12.7 Å². The van der Waals surface area contributed by atoms with Crippen LogP contribution in [0.25, 0.3) is 0 Å². The molecule has 4 heteroatoms. The van der Waals surface area contributed by atoms with Crippen LogP contribution in [0.3, 0.4) is 0 Å². The van der Waals surface area contributed by atoms with Gasteiger partial charge in [0.15, 0.2) is 0 Å². The Morgan fingerprint density at radius 1 is 1.22 bits per heavy atom. The van der Waals surface area contributed by atoms with E-state index >= 15 is 0 Å². The molecular formula is C19H20ClNO2. The van der Waals surface area contributed by atoms with Gasteiger partial charge in [-0.15, -0.1) is 0 Å². The molecule has 1 aliphatic carbocycles. The third-order valence-electron chi connectivity index (χ3n) is 4.69. The van der Waals surface area contributed by atoms with E-state index < -0.39 is 0 Å². The molecule has 2 aromatic rings. The number of halogens is 1.